The fraction of sp³-hybridized carbons (Fsp3) is 0.588. The van der Waals surface area contributed by atoms with Crippen LogP contribution in [0.5, 0.6) is 0 Å². The first-order valence-corrected chi connectivity index (χ1v) is 7.94. The summed E-state index contributed by atoms with van der Waals surface area (Å²) in [6.45, 7) is 3.41. The van der Waals surface area contributed by atoms with Crippen molar-refractivity contribution in [3.8, 4) is 0 Å². The van der Waals surface area contributed by atoms with Gasteiger partial charge in [0.1, 0.15) is 0 Å². The van der Waals surface area contributed by atoms with Crippen LogP contribution in [0, 0.1) is 5.92 Å². The number of nitrogens with one attached hydrogen (secondary N) is 2. The highest BCUT2D eigenvalue weighted by atomic mass is 127. The lowest BCUT2D eigenvalue weighted by atomic mass is 10.1. The van der Waals surface area contributed by atoms with Gasteiger partial charge in [-0.1, -0.05) is 30.3 Å². The largest absolute Gasteiger partial charge is 0.379 e. The maximum atomic E-state index is 5.59. The Bertz CT molecular complexity index is 421. The van der Waals surface area contributed by atoms with Crippen molar-refractivity contribution in [1.29, 1.82) is 0 Å². The van der Waals surface area contributed by atoms with Gasteiger partial charge < -0.3 is 15.4 Å². The number of benzene rings is 1. The van der Waals surface area contributed by atoms with Crippen LogP contribution in [0.2, 0.25) is 0 Å². The molecule has 0 aliphatic heterocycles. The Morgan fingerprint density at radius 3 is 2.59 bits per heavy atom. The van der Waals surface area contributed by atoms with Crippen LogP contribution in [0.25, 0.3) is 0 Å². The number of guanidine groups is 1. The van der Waals surface area contributed by atoms with Crippen molar-refractivity contribution in [2.45, 2.75) is 25.7 Å². The fourth-order valence-electron chi connectivity index (χ4n) is 2.14. The van der Waals surface area contributed by atoms with Crippen molar-refractivity contribution in [2.24, 2.45) is 10.9 Å². The molecule has 0 saturated heterocycles. The van der Waals surface area contributed by atoms with Gasteiger partial charge in [0.15, 0.2) is 5.96 Å². The standard InChI is InChI=1S/C17H27N3O.HI/c1-18-17(20-12-13-21-14-16-9-10-16)19-11-5-8-15-6-3-2-4-7-15;/h2-4,6-7,16H,5,8-14H2,1H3,(H2,18,19,20);1H. The quantitative estimate of drug-likeness (QED) is 0.281. The highest BCUT2D eigenvalue weighted by molar-refractivity contribution is 14.0. The Morgan fingerprint density at radius 1 is 1.18 bits per heavy atom. The lowest BCUT2D eigenvalue weighted by Crippen LogP contribution is -2.39. The summed E-state index contributed by atoms with van der Waals surface area (Å²) in [6, 6.07) is 10.6. The molecule has 5 heteroatoms. The van der Waals surface area contributed by atoms with Gasteiger partial charge in [0.05, 0.1) is 6.61 Å². The van der Waals surface area contributed by atoms with E-state index < -0.39 is 0 Å². The van der Waals surface area contributed by atoms with E-state index in [-0.39, 0.29) is 24.0 Å². The van der Waals surface area contributed by atoms with Gasteiger partial charge in [0.2, 0.25) is 0 Å². The van der Waals surface area contributed by atoms with E-state index >= 15 is 0 Å². The van der Waals surface area contributed by atoms with Gasteiger partial charge in [-0.15, -0.1) is 24.0 Å². The molecule has 0 aromatic heterocycles. The van der Waals surface area contributed by atoms with Crippen molar-refractivity contribution in [1.82, 2.24) is 10.6 Å². The number of hydrogen-bond donors (Lipinski definition) is 2. The number of ether oxygens (including phenoxy) is 1. The Labute approximate surface area is 151 Å². The van der Waals surface area contributed by atoms with Gasteiger partial charge in [-0.2, -0.15) is 0 Å². The minimum atomic E-state index is 0. The second kappa shape index (κ2) is 11.7. The highest BCUT2D eigenvalue weighted by Crippen LogP contribution is 2.28. The average Bonchev–Trinajstić information content (AvgIpc) is 3.34. The van der Waals surface area contributed by atoms with Gasteiger partial charge in [-0.05, 0) is 37.2 Å². The van der Waals surface area contributed by atoms with Crippen molar-refractivity contribution < 1.29 is 4.74 Å². The predicted octanol–water partition coefficient (Wildman–Crippen LogP) is 2.83. The van der Waals surface area contributed by atoms with E-state index in [0.29, 0.717) is 0 Å². The topological polar surface area (TPSA) is 45.7 Å². The summed E-state index contributed by atoms with van der Waals surface area (Å²) in [7, 11) is 1.80. The Morgan fingerprint density at radius 2 is 1.91 bits per heavy atom. The van der Waals surface area contributed by atoms with Gasteiger partial charge in [-0.25, -0.2) is 0 Å². The number of rotatable bonds is 9. The summed E-state index contributed by atoms with van der Waals surface area (Å²) in [5.41, 5.74) is 1.38. The summed E-state index contributed by atoms with van der Waals surface area (Å²) in [6.07, 6.45) is 4.88. The van der Waals surface area contributed by atoms with Crippen molar-refractivity contribution >= 4 is 29.9 Å². The molecule has 4 nitrogen and oxygen atoms in total. The van der Waals surface area contributed by atoms with E-state index in [4.69, 9.17) is 4.74 Å². The van der Waals surface area contributed by atoms with Gasteiger partial charge in [0, 0.05) is 26.7 Å². The summed E-state index contributed by atoms with van der Waals surface area (Å²) in [5.74, 6) is 1.69. The molecule has 1 aliphatic carbocycles. The molecule has 2 rings (SSSR count). The Balaban J connectivity index is 0.00000242. The molecule has 0 unspecified atom stereocenters. The van der Waals surface area contributed by atoms with Crippen molar-refractivity contribution in [3.63, 3.8) is 0 Å². The average molecular weight is 417 g/mol. The second-order valence-corrected chi connectivity index (χ2v) is 5.53. The summed E-state index contributed by atoms with van der Waals surface area (Å²) >= 11 is 0. The van der Waals surface area contributed by atoms with Gasteiger partial charge >= 0.3 is 0 Å². The molecule has 124 valence electrons. The number of hydrogen-bond acceptors (Lipinski definition) is 2. The minimum absolute atomic E-state index is 0. The first-order chi connectivity index (χ1) is 10.4. The molecular weight excluding hydrogens is 389 g/mol. The zero-order chi connectivity index (χ0) is 14.8. The van der Waals surface area contributed by atoms with E-state index in [9.17, 15) is 0 Å². The lowest BCUT2D eigenvalue weighted by Gasteiger charge is -2.12. The van der Waals surface area contributed by atoms with E-state index in [1.807, 2.05) is 0 Å². The molecule has 0 bridgehead atoms. The molecule has 1 aromatic carbocycles. The molecule has 0 amide bonds. The molecule has 0 radical (unpaired) electrons. The molecule has 1 saturated carbocycles. The van der Waals surface area contributed by atoms with Crippen LogP contribution >= 0.6 is 24.0 Å². The number of aryl methyl sites for hydroxylation is 1. The monoisotopic (exact) mass is 417 g/mol. The summed E-state index contributed by atoms with van der Waals surface area (Å²) in [5, 5.41) is 6.61. The van der Waals surface area contributed by atoms with Gasteiger partial charge in [0.25, 0.3) is 0 Å². The smallest absolute Gasteiger partial charge is 0.191 e. The number of halogens is 1. The molecule has 1 aromatic rings. The summed E-state index contributed by atoms with van der Waals surface area (Å²) < 4.78 is 5.59. The Kier molecular flexibility index (Phi) is 10.2. The van der Waals surface area contributed by atoms with E-state index in [0.717, 1.165) is 51.0 Å². The fourth-order valence-corrected chi connectivity index (χ4v) is 2.14. The second-order valence-electron chi connectivity index (χ2n) is 5.53. The lowest BCUT2D eigenvalue weighted by molar-refractivity contribution is 0.129. The number of aliphatic imine (C=N–C) groups is 1. The summed E-state index contributed by atoms with van der Waals surface area (Å²) in [4.78, 5) is 4.22. The molecule has 1 aliphatic rings. The van der Waals surface area contributed by atoms with Crippen LogP contribution in [0.3, 0.4) is 0 Å². The first-order valence-electron chi connectivity index (χ1n) is 7.94. The zero-order valence-electron chi connectivity index (χ0n) is 13.4. The highest BCUT2D eigenvalue weighted by Gasteiger charge is 2.20. The van der Waals surface area contributed by atoms with E-state index in [2.05, 4.69) is 46.0 Å². The predicted molar refractivity (Wildman–Crippen MR) is 103 cm³/mol. The molecule has 0 atom stereocenters. The molecule has 2 N–H and O–H groups in total. The van der Waals surface area contributed by atoms with E-state index in [1.54, 1.807) is 7.05 Å². The Hall–Kier alpha value is -0.820. The third kappa shape index (κ3) is 8.58. The maximum Gasteiger partial charge on any atom is 0.191 e. The minimum Gasteiger partial charge on any atom is -0.379 e. The molecule has 0 spiro atoms. The van der Waals surface area contributed by atoms with Crippen molar-refractivity contribution in [3.05, 3.63) is 35.9 Å². The van der Waals surface area contributed by atoms with Crippen LogP contribution in [-0.4, -0.2) is 39.3 Å². The zero-order valence-corrected chi connectivity index (χ0v) is 15.7. The van der Waals surface area contributed by atoms with Crippen LogP contribution < -0.4 is 10.6 Å². The molecule has 22 heavy (non-hydrogen) atoms. The normalized spacial score (nSPS) is 14.3. The number of nitrogens with zero attached hydrogens (tertiary/aromatic N) is 1. The molecular formula is C17H28IN3O. The molecule has 0 heterocycles. The third-order valence-electron chi connectivity index (χ3n) is 3.59. The molecule has 1 fully saturated rings. The van der Waals surface area contributed by atoms with Gasteiger partial charge in [-0.3, -0.25) is 4.99 Å². The van der Waals surface area contributed by atoms with E-state index in [1.165, 1.54) is 18.4 Å². The van der Waals surface area contributed by atoms with Crippen LogP contribution in [0.1, 0.15) is 24.8 Å². The third-order valence-corrected chi connectivity index (χ3v) is 3.59. The first kappa shape index (κ1) is 19.2. The SMILES string of the molecule is CN=C(NCCCc1ccccc1)NCCOCC1CC1.I. The van der Waals surface area contributed by atoms with Crippen LogP contribution in [0.4, 0.5) is 0 Å². The van der Waals surface area contributed by atoms with Crippen LogP contribution in [0.15, 0.2) is 35.3 Å². The maximum absolute atomic E-state index is 5.59. The van der Waals surface area contributed by atoms with Crippen molar-refractivity contribution in [2.75, 3.05) is 33.4 Å². The van der Waals surface area contributed by atoms with Crippen LogP contribution in [-0.2, 0) is 11.2 Å².